The topological polar surface area (TPSA) is 101 Å². The fourth-order valence-corrected chi connectivity index (χ4v) is 3.01. The van der Waals surface area contributed by atoms with Gasteiger partial charge >= 0.3 is 0 Å². The average molecular weight is 337 g/mol. The van der Waals surface area contributed by atoms with Gasteiger partial charge in [0.1, 0.15) is 0 Å². The van der Waals surface area contributed by atoms with Gasteiger partial charge in [0.15, 0.2) is 14.6 Å². The number of amides is 1. The first-order chi connectivity index (χ1) is 10.8. The highest BCUT2D eigenvalue weighted by molar-refractivity contribution is 7.92. The van der Waals surface area contributed by atoms with Crippen LogP contribution in [0.5, 0.6) is 0 Å². The highest BCUT2D eigenvalue weighted by Crippen LogP contribution is 2.23. The zero-order valence-electron chi connectivity index (χ0n) is 12.9. The van der Waals surface area contributed by atoms with Gasteiger partial charge in [-0.25, -0.2) is 18.9 Å². The van der Waals surface area contributed by atoms with Crippen LogP contribution in [0.1, 0.15) is 13.3 Å². The van der Waals surface area contributed by atoms with E-state index in [-0.39, 0.29) is 13.0 Å². The Morgan fingerprint density at radius 3 is 2.57 bits per heavy atom. The third-order valence-electron chi connectivity index (χ3n) is 3.95. The lowest BCUT2D eigenvalue weighted by Crippen LogP contribution is -2.49. The maximum absolute atomic E-state index is 11.9. The summed E-state index contributed by atoms with van der Waals surface area (Å²) in [6.45, 7) is 1.57. The summed E-state index contributed by atoms with van der Waals surface area (Å²) in [6.07, 6.45) is 4.37. The Balaban J connectivity index is 2.17. The van der Waals surface area contributed by atoms with Gasteiger partial charge in [-0.2, -0.15) is 0 Å². The predicted octanol–water partition coefficient (Wildman–Crippen LogP) is 1.25. The molecule has 0 saturated carbocycles. The molecule has 0 aliphatic heterocycles. The summed E-state index contributed by atoms with van der Waals surface area (Å²) >= 11 is 0. The second-order valence-corrected chi connectivity index (χ2v) is 8.00. The van der Waals surface area contributed by atoms with Crippen LogP contribution in [0.3, 0.4) is 0 Å². The van der Waals surface area contributed by atoms with Crippen LogP contribution in [0, 0.1) is 0 Å². The van der Waals surface area contributed by atoms with Gasteiger partial charge in [0.25, 0.3) is 5.91 Å². The van der Waals surface area contributed by atoms with Crippen molar-refractivity contribution in [1.29, 1.82) is 0 Å². The number of carbonyl (C=O) groups excluding carboxylic acids is 1. The van der Waals surface area contributed by atoms with Gasteiger partial charge in [-0.1, -0.05) is 30.3 Å². The second kappa shape index (κ2) is 6.51. The molecule has 0 aliphatic rings. The van der Waals surface area contributed by atoms with Gasteiger partial charge in [0, 0.05) is 24.6 Å². The van der Waals surface area contributed by atoms with Crippen molar-refractivity contribution < 1.29 is 18.4 Å². The van der Waals surface area contributed by atoms with Crippen LogP contribution in [0.4, 0.5) is 0 Å². The van der Waals surface area contributed by atoms with Crippen molar-refractivity contribution in [2.45, 2.75) is 24.6 Å². The quantitative estimate of drug-likeness (QED) is 0.610. The maximum Gasteiger partial charge on any atom is 0.264 e. The van der Waals surface area contributed by atoms with E-state index < -0.39 is 20.5 Å². The number of aryl methyl sites for hydroxylation is 1. The van der Waals surface area contributed by atoms with Crippen LogP contribution in [-0.4, -0.2) is 40.1 Å². The van der Waals surface area contributed by atoms with Crippen molar-refractivity contribution in [3.63, 3.8) is 0 Å². The molecule has 0 saturated heterocycles. The van der Waals surface area contributed by atoms with Gasteiger partial charge in [-0.15, -0.1) is 0 Å². The maximum atomic E-state index is 11.9. The Morgan fingerprint density at radius 1 is 1.35 bits per heavy atom. The van der Waals surface area contributed by atoms with Gasteiger partial charge in [0.2, 0.25) is 0 Å². The molecule has 2 aromatic rings. The zero-order valence-corrected chi connectivity index (χ0v) is 13.7. The molecule has 1 aromatic heterocycles. The molecule has 2 N–H and O–H groups in total. The first-order valence-electron chi connectivity index (χ1n) is 6.99. The largest absolute Gasteiger partial charge is 0.337 e. The Kier molecular flexibility index (Phi) is 4.86. The average Bonchev–Trinajstić information content (AvgIpc) is 3.00. The number of sulfone groups is 1. The van der Waals surface area contributed by atoms with Crippen molar-refractivity contribution in [3.05, 3.63) is 42.9 Å². The van der Waals surface area contributed by atoms with E-state index in [1.807, 2.05) is 30.3 Å². The molecule has 124 valence electrons. The van der Waals surface area contributed by atoms with Gasteiger partial charge in [0.05, 0.1) is 12.0 Å². The first-order valence-corrected chi connectivity index (χ1v) is 8.88. The third-order valence-corrected chi connectivity index (χ3v) is 5.98. The molecular formula is C15H19N3O4S. The summed E-state index contributed by atoms with van der Waals surface area (Å²) < 4.78 is 23.8. The van der Waals surface area contributed by atoms with E-state index in [0.29, 0.717) is 0 Å². The smallest absolute Gasteiger partial charge is 0.264 e. The molecule has 23 heavy (non-hydrogen) atoms. The molecule has 1 unspecified atom stereocenters. The predicted molar refractivity (Wildman–Crippen MR) is 85.5 cm³/mol. The van der Waals surface area contributed by atoms with E-state index in [1.54, 1.807) is 17.1 Å². The molecule has 1 amide bonds. The van der Waals surface area contributed by atoms with E-state index >= 15 is 0 Å². The molecule has 2 rings (SSSR count). The zero-order chi connectivity index (χ0) is 17.1. The summed E-state index contributed by atoms with van der Waals surface area (Å²) in [5, 5.41) is 8.80. The van der Waals surface area contributed by atoms with Crippen molar-refractivity contribution in [2.75, 3.05) is 6.26 Å². The number of benzene rings is 1. The van der Waals surface area contributed by atoms with Crippen LogP contribution >= 0.6 is 0 Å². The number of carbonyl (C=O) groups is 1. The lowest BCUT2D eigenvalue weighted by Gasteiger charge is -2.25. The molecule has 0 radical (unpaired) electrons. The number of imidazole rings is 1. The summed E-state index contributed by atoms with van der Waals surface area (Å²) in [5.41, 5.74) is 3.15. The molecule has 8 heteroatoms. The number of hydrogen-bond acceptors (Lipinski definition) is 5. The van der Waals surface area contributed by atoms with Gasteiger partial charge < -0.3 is 4.57 Å². The van der Waals surface area contributed by atoms with Crippen LogP contribution < -0.4 is 5.48 Å². The third kappa shape index (κ3) is 3.59. The van der Waals surface area contributed by atoms with Crippen LogP contribution in [-0.2, 0) is 21.2 Å². The molecule has 0 fully saturated rings. The first kappa shape index (κ1) is 17.2. The minimum absolute atomic E-state index is 0.0167. The van der Waals surface area contributed by atoms with Gasteiger partial charge in [-0.3, -0.25) is 10.0 Å². The number of aromatic nitrogens is 2. The standard InChI is InChI=1S/C15H19N3O4S/c1-15(14(19)17-20,23(2,21)22)8-9-18-10-13(16-11-18)12-6-4-3-5-7-12/h3-7,10-11,20H,8-9H2,1-2H3,(H,17,19). The number of rotatable bonds is 6. The molecule has 0 aliphatic carbocycles. The summed E-state index contributed by atoms with van der Waals surface area (Å²) in [4.78, 5) is 16.0. The Morgan fingerprint density at radius 2 is 2.00 bits per heavy atom. The monoisotopic (exact) mass is 337 g/mol. The summed E-state index contributed by atoms with van der Waals surface area (Å²) in [6, 6.07) is 9.56. The molecule has 7 nitrogen and oxygen atoms in total. The number of nitrogens with zero attached hydrogens (tertiary/aromatic N) is 2. The number of hydroxylamine groups is 1. The van der Waals surface area contributed by atoms with Crippen molar-refractivity contribution in [1.82, 2.24) is 15.0 Å². The van der Waals surface area contributed by atoms with E-state index in [9.17, 15) is 13.2 Å². The van der Waals surface area contributed by atoms with E-state index in [1.165, 1.54) is 12.4 Å². The van der Waals surface area contributed by atoms with Crippen LogP contribution in [0.2, 0.25) is 0 Å². The summed E-state index contributed by atoms with van der Waals surface area (Å²) in [7, 11) is -3.70. The fraction of sp³-hybridized carbons (Fsp3) is 0.333. The Bertz CT molecular complexity index is 786. The lowest BCUT2D eigenvalue weighted by atomic mass is 10.1. The lowest BCUT2D eigenvalue weighted by molar-refractivity contribution is -0.131. The normalized spacial score (nSPS) is 14.2. The number of nitrogens with one attached hydrogen (secondary N) is 1. The van der Waals surface area contributed by atoms with Crippen LogP contribution in [0.25, 0.3) is 11.3 Å². The van der Waals surface area contributed by atoms with Crippen LogP contribution in [0.15, 0.2) is 42.9 Å². The minimum atomic E-state index is -3.70. The van der Waals surface area contributed by atoms with Gasteiger partial charge in [-0.05, 0) is 13.3 Å². The van der Waals surface area contributed by atoms with E-state index in [4.69, 9.17) is 5.21 Å². The molecular weight excluding hydrogens is 318 g/mol. The highest BCUT2D eigenvalue weighted by Gasteiger charge is 2.43. The summed E-state index contributed by atoms with van der Waals surface area (Å²) in [5.74, 6) is -0.941. The second-order valence-electron chi connectivity index (χ2n) is 5.56. The van der Waals surface area contributed by atoms with E-state index in [2.05, 4.69) is 4.98 Å². The molecule has 1 atom stereocenters. The fourth-order valence-electron chi connectivity index (χ4n) is 2.17. The highest BCUT2D eigenvalue weighted by atomic mass is 32.2. The Labute approximate surface area is 134 Å². The van der Waals surface area contributed by atoms with Crippen molar-refractivity contribution in [3.8, 4) is 11.3 Å². The SMILES string of the molecule is CC(CCn1cnc(-c2ccccc2)c1)(C(=O)NO)S(C)(=O)=O. The minimum Gasteiger partial charge on any atom is -0.337 e. The number of hydrogen-bond donors (Lipinski definition) is 2. The Hall–Kier alpha value is -2.19. The molecule has 0 spiro atoms. The molecule has 0 bridgehead atoms. The van der Waals surface area contributed by atoms with Crippen molar-refractivity contribution in [2.24, 2.45) is 0 Å². The van der Waals surface area contributed by atoms with E-state index in [0.717, 1.165) is 17.5 Å². The molecule has 1 aromatic carbocycles. The van der Waals surface area contributed by atoms with Crippen molar-refractivity contribution >= 4 is 15.7 Å². The molecule has 1 heterocycles.